The van der Waals surface area contributed by atoms with E-state index in [2.05, 4.69) is 12.2 Å². The highest BCUT2D eigenvalue weighted by atomic mass is 16.1. The van der Waals surface area contributed by atoms with E-state index in [1.807, 2.05) is 60.7 Å². The number of carbonyl (C=O) groups is 1. The first-order valence-electron chi connectivity index (χ1n) is 10.6. The van der Waals surface area contributed by atoms with Crippen LogP contribution in [0.4, 0.5) is 5.69 Å². The molecule has 3 heteroatoms. The van der Waals surface area contributed by atoms with Crippen LogP contribution in [-0.2, 0) is 4.79 Å². The van der Waals surface area contributed by atoms with Crippen molar-refractivity contribution >= 4 is 23.2 Å². The summed E-state index contributed by atoms with van der Waals surface area (Å²) in [5, 5.41) is 3.09. The maximum Gasteiger partial charge on any atom is 0.251 e. The first-order valence-corrected chi connectivity index (χ1v) is 10.6. The lowest BCUT2D eigenvalue weighted by Gasteiger charge is -2.10. The molecule has 3 nitrogen and oxygen atoms in total. The van der Waals surface area contributed by atoms with E-state index < -0.39 is 0 Å². The monoisotopic (exact) mass is 378 g/mol. The molecule has 2 aromatic rings. The Morgan fingerprint density at radius 2 is 1.46 bits per heavy atom. The molecule has 0 aliphatic carbocycles. The van der Waals surface area contributed by atoms with E-state index in [9.17, 15) is 4.79 Å². The summed E-state index contributed by atoms with van der Waals surface area (Å²) in [5.74, 6) is -0.0222. The molecule has 0 aliphatic heterocycles. The van der Waals surface area contributed by atoms with Crippen molar-refractivity contribution in [2.45, 2.75) is 58.3 Å². The van der Waals surface area contributed by atoms with Crippen LogP contribution in [0.15, 0.2) is 54.6 Å². The van der Waals surface area contributed by atoms with Crippen molar-refractivity contribution in [3.63, 3.8) is 0 Å². The molecule has 0 radical (unpaired) electrons. The molecule has 1 amide bonds. The highest BCUT2D eigenvalue weighted by Crippen LogP contribution is 2.19. The van der Waals surface area contributed by atoms with Crippen molar-refractivity contribution in [2.24, 2.45) is 0 Å². The van der Waals surface area contributed by atoms with E-state index in [1.165, 1.54) is 44.9 Å². The third-order valence-corrected chi connectivity index (χ3v) is 4.89. The summed E-state index contributed by atoms with van der Waals surface area (Å²) < 4.78 is 0. The van der Waals surface area contributed by atoms with Crippen LogP contribution in [0.25, 0.3) is 11.6 Å². The van der Waals surface area contributed by atoms with E-state index in [0.29, 0.717) is 5.57 Å². The van der Waals surface area contributed by atoms with Gasteiger partial charge in [-0.3, -0.25) is 4.79 Å². The third-order valence-electron chi connectivity index (χ3n) is 4.89. The van der Waals surface area contributed by atoms with Crippen LogP contribution < -0.4 is 11.1 Å². The Labute approximate surface area is 170 Å². The highest BCUT2D eigenvalue weighted by molar-refractivity contribution is 6.24. The van der Waals surface area contributed by atoms with Gasteiger partial charge in [0, 0.05) is 17.8 Å². The van der Waals surface area contributed by atoms with E-state index in [-0.39, 0.29) is 5.91 Å². The topological polar surface area (TPSA) is 55.1 Å². The fraction of sp³-hybridized carbons (Fsp3) is 0.400. The number of hydrogen-bond donors (Lipinski definition) is 2. The van der Waals surface area contributed by atoms with Crippen LogP contribution in [0.1, 0.15) is 69.4 Å². The number of benzene rings is 2. The predicted molar refractivity (Wildman–Crippen MR) is 121 cm³/mol. The van der Waals surface area contributed by atoms with Crippen LogP contribution in [-0.4, -0.2) is 12.5 Å². The first kappa shape index (κ1) is 21.7. The van der Waals surface area contributed by atoms with Crippen molar-refractivity contribution in [3.8, 4) is 0 Å². The maximum absolute atomic E-state index is 12.8. The summed E-state index contributed by atoms with van der Waals surface area (Å²) in [7, 11) is 0. The molecule has 2 aromatic carbocycles. The molecule has 0 bridgehead atoms. The maximum atomic E-state index is 12.8. The minimum Gasteiger partial charge on any atom is -0.399 e. The summed E-state index contributed by atoms with van der Waals surface area (Å²) >= 11 is 0. The summed E-state index contributed by atoms with van der Waals surface area (Å²) in [6.45, 7) is 2.97. The van der Waals surface area contributed by atoms with Crippen molar-refractivity contribution in [1.82, 2.24) is 5.32 Å². The average Bonchev–Trinajstić information content (AvgIpc) is 2.72. The molecule has 0 spiro atoms. The highest BCUT2D eigenvalue weighted by Gasteiger charge is 2.11. The Morgan fingerprint density at radius 3 is 2.11 bits per heavy atom. The Bertz CT molecular complexity index is 720. The lowest BCUT2D eigenvalue weighted by atomic mass is 10.0. The van der Waals surface area contributed by atoms with Gasteiger partial charge in [-0.2, -0.15) is 0 Å². The molecule has 0 heterocycles. The number of rotatable bonds is 12. The number of unbranched alkanes of at least 4 members (excludes halogenated alkanes) is 7. The molecular weight excluding hydrogens is 344 g/mol. The van der Waals surface area contributed by atoms with Crippen LogP contribution in [0.3, 0.4) is 0 Å². The predicted octanol–water partition coefficient (Wildman–Crippen LogP) is 6.07. The minimum absolute atomic E-state index is 0.0222. The number of nitrogens with one attached hydrogen (secondary N) is 1. The van der Waals surface area contributed by atoms with Gasteiger partial charge in [0.2, 0.25) is 0 Å². The van der Waals surface area contributed by atoms with Crippen molar-refractivity contribution in [2.75, 3.05) is 12.3 Å². The largest absolute Gasteiger partial charge is 0.399 e. The fourth-order valence-electron chi connectivity index (χ4n) is 3.21. The zero-order valence-corrected chi connectivity index (χ0v) is 17.1. The number of carbonyl (C=O) groups excluding carboxylic acids is 1. The van der Waals surface area contributed by atoms with Gasteiger partial charge in [-0.05, 0) is 35.8 Å². The second-order valence-electron chi connectivity index (χ2n) is 7.32. The molecule has 2 rings (SSSR count). The van der Waals surface area contributed by atoms with Gasteiger partial charge in [0.25, 0.3) is 5.91 Å². The molecule has 0 fully saturated rings. The zero-order valence-electron chi connectivity index (χ0n) is 17.1. The van der Waals surface area contributed by atoms with Gasteiger partial charge in [0.1, 0.15) is 0 Å². The summed E-state index contributed by atoms with van der Waals surface area (Å²) in [5.41, 5.74) is 9.06. The number of hydrogen-bond acceptors (Lipinski definition) is 2. The Kier molecular flexibility index (Phi) is 9.92. The van der Waals surface area contributed by atoms with Crippen molar-refractivity contribution in [1.29, 1.82) is 0 Å². The molecular formula is C25H34N2O. The van der Waals surface area contributed by atoms with Crippen molar-refractivity contribution in [3.05, 3.63) is 65.7 Å². The molecule has 28 heavy (non-hydrogen) atoms. The fourth-order valence-corrected chi connectivity index (χ4v) is 3.21. The molecule has 0 saturated heterocycles. The molecule has 0 atom stereocenters. The SMILES string of the molecule is CCCCCCCCCCNC(=O)C(=Cc1ccc(N)cc1)c1ccccc1. The van der Waals surface area contributed by atoms with Gasteiger partial charge in [-0.25, -0.2) is 0 Å². The van der Waals surface area contributed by atoms with Crippen LogP contribution in [0.2, 0.25) is 0 Å². The third kappa shape index (κ3) is 7.99. The smallest absolute Gasteiger partial charge is 0.251 e. The van der Waals surface area contributed by atoms with Gasteiger partial charge in [-0.1, -0.05) is 94.3 Å². The lowest BCUT2D eigenvalue weighted by Crippen LogP contribution is -2.25. The quantitative estimate of drug-likeness (QED) is 0.204. The Balaban J connectivity index is 1.87. The second kappa shape index (κ2) is 12.8. The minimum atomic E-state index is -0.0222. The van der Waals surface area contributed by atoms with Gasteiger partial charge >= 0.3 is 0 Å². The van der Waals surface area contributed by atoms with Gasteiger partial charge in [-0.15, -0.1) is 0 Å². The molecule has 3 N–H and O–H groups in total. The number of anilines is 1. The zero-order chi connectivity index (χ0) is 20.0. The van der Waals surface area contributed by atoms with Gasteiger partial charge < -0.3 is 11.1 Å². The molecule has 0 unspecified atom stereocenters. The van der Waals surface area contributed by atoms with E-state index in [4.69, 9.17) is 5.73 Å². The number of amides is 1. The van der Waals surface area contributed by atoms with Crippen LogP contribution in [0.5, 0.6) is 0 Å². The van der Waals surface area contributed by atoms with Crippen LogP contribution in [0, 0.1) is 0 Å². The molecule has 0 aromatic heterocycles. The summed E-state index contributed by atoms with van der Waals surface area (Å²) in [4.78, 5) is 12.8. The van der Waals surface area contributed by atoms with Gasteiger partial charge in [0.15, 0.2) is 0 Å². The van der Waals surface area contributed by atoms with E-state index >= 15 is 0 Å². The number of nitrogens with two attached hydrogens (primary N) is 1. The van der Waals surface area contributed by atoms with Crippen LogP contribution >= 0.6 is 0 Å². The van der Waals surface area contributed by atoms with Gasteiger partial charge in [0.05, 0.1) is 0 Å². The summed E-state index contributed by atoms with van der Waals surface area (Å²) in [6, 6.07) is 17.4. The summed E-state index contributed by atoms with van der Waals surface area (Å²) in [6.07, 6.45) is 12.0. The normalized spacial score (nSPS) is 11.4. The lowest BCUT2D eigenvalue weighted by molar-refractivity contribution is -0.115. The second-order valence-corrected chi connectivity index (χ2v) is 7.32. The van der Waals surface area contributed by atoms with E-state index in [0.717, 1.165) is 29.8 Å². The Hall–Kier alpha value is -2.55. The molecule has 0 aliphatic rings. The first-order chi connectivity index (χ1) is 13.7. The molecule has 150 valence electrons. The van der Waals surface area contributed by atoms with E-state index in [1.54, 1.807) is 0 Å². The standard InChI is InChI=1S/C25H34N2O/c1-2-3-4-5-6-7-8-12-19-27-25(28)24(22-13-10-9-11-14-22)20-21-15-17-23(26)18-16-21/h9-11,13-18,20H,2-8,12,19,26H2,1H3,(H,27,28). The average molecular weight is 379 g/mol. The number of nitrogen functional groups attached to an aromatic ring is 1. The van der Waals surface area contributed by atoms with Crippen molar-refractivity contribution < 1.29 is 4.79 Å². The Morgan fingerprint density at radius 1 is 0.857 bits per heavy atom. The molecule has 0 saturated carbocycles.